The summed E-state index contributed by atoms with van der Waals surface area (Å²) in [4.78, 5) is 0.171. The Morgan fingerprint density at radius 3 is 2.47 bits per heavy atom. The highest BCUT2D eigenvalue weighted by molar-refractivity contribution is 9.10. The second kappa shape index (κ2) is 10.4. The number of rotatable bonds is 8. The number of halogens is 2. The van der Waals surface area contributed by atoms with E-state index >= 15 is 0 Å². The average molecular weight is 538 g/mol. The Bertz CT molecular complexity index is 1230. The van der Waals surface area contributed by atoms with E-state index in [1.807, 2.05) is 25.1 Å². The van der Waals surface area contributed by atoms with E-state index in [-0.39, 0.29) is 11.5 Å². The van der Waals surface area contributed by atoms with Crippen LogP contribution < -0.4 is 9.47 Å². The van der Waals surface area contributed by atoms with Gasteiger partial charge in [-0.05, 0) is 58.7 Å². The van der Waals surface area contributed by atoms with E-state index in [0.717, 1.165) is 15.5 Å². The lowest BCUT2D eigenvalue weighted by molar-refractivity contribution is 0.282. The molecule has 0 aliphatic carbocycles. The molecule has 0 atom stereocenters. The molecule has 6 nitrogen and oxygen atoms in total. The topological polar surface area (TPSA) is 68.2 Å². The first-order chi connectivity index (χ1) is 15.2. The van der Waals surface area contributed by atoms with E-state index in [1.165, 1.54) is 20.4 Å². The van der Waals surface area contributed by atoms with Crippen LogP contribution in [0.2, 0.25) is 5.02 Å². The van der Waals surface area contributed by atoms with Gasteiger partial charge < -0.3 is 9.47 Å². The van der Waals surface area contributed by atoms with Gasteiger partial charge in [-0.3, -0.25) is 0 Å². The highest BCUT2D eigenvalue weighted by Gasteiger charge is 2.19. The molecular formula is C23H22BrClN2O4S. The summed E-state index contributed by atoms with van der Waals surface area (Å²) < 4.78 is 38.4. The van der Waals surface area contributed by atoms with E-state index in [0.29, 0.717) is 26.6 Å². The number of ether oxygens (including phenoxy) is 2. The fraction of sp³-hybridized carbons (Fsp3) is 0.174. The minimum Gasteiger partial charge on any atom is -0.493 e. The van der Waals surface area contributed by atoms with Gasteiger partial charge in [-0.15, -0.1) is 0 Å². The van der Waals surface area contributed by atoms with Crippen LogP contribution in [0.5, 0.6) is 11.5 Å². The fourth-order valence-electron chi connectivity index (χ4n) is 2.79. The van der Waals surface area contributed by atoms with Gasteiger partial charge in [0.25, 0.3) is 10.0 Å². The van der Waals surface area contributed by atoms with Crippen molar-refractivity contribution in [3.05, 3.63) is 86.8 Å². The summed E-state index contributed by atoms with van der Waals surface area (Å²) in [7, 11) is -0.833. The number of hydrazone groups is 1. The highest BCUT2D eigenvalue weighted by atomic mass is 79.9. The van der Waals surface area contributed by atoms with Crippen LogP contribution in [-0.4, -0.2) is 33.2 Å². The van der Waals surface area contributed by atoms with Crippen LogP contribution in [0.4, 0.5) is 0 Å². The van der Waals surface area contributed by atoms with Gasteiger partial charge in [0, 0.05) is 17.6 Å². The second-order valence-corrected chi connectivity index (χ2v) is 10.1. The van der Waals surface area contributed by atoms with Crippen molar-refractivity contribution in [3.63, 3.8) is 0 Å². The van der Waals surface area contributed by atoms with Gasteiger partial charge >= 0.3 is 0 Å². The quantitative estimate of drug-likeness (QED) is 0.275. The van der Waals surface area contributed by atoms with Crippen LogP contribution in [-0.2, 0) is 16.6 Å². The lowest BCUT2D eigenvalue weighted by Gasteiger charge is -2.15. The lowest BCUT2D eigenvalue weighted by atomic mass is 10.2. The molecule has 0 aliphatic heterocycles. The van der Waals surface area contributed by atoms with E-state index in [4.69, 9.17) is 21.1 Å². The van der Waals surface area contributed by atoms with E-state index in [2.05, 4.69) is 21.0 Å². The molecule has 9 heteroatoms. The van der Waals surface area contributed by atoms with Crippen LogP contribution >= 0.6 is 27.5 Å². The molecule has 0 heterocycles. The third kappa shape index (κ3) is 5.62. The number of methoxy groups -OCH3 is 1. The van der Waals surface area contributed by atoms with E-state index < -0.39 is 10.0 Å². The van der Waals surface area contributed by atoms with E-state index in [1.54, 1.807) is 42.5 Å². The molecule has 0 saturated heterocycles. The largest absolute Gasteiger partial charge is 0.493 e. The summed E-state index contributed by atoms with van der Waals surface area (Å²) in [5, 5.41) is 4.72. The van der Waals surface area contributed by atoms with Crippen LogP contribution in [0, 0.1) is 6.92 Å². The van der Waals surface area contributed by atoms with Gasteiger partial charge in [0.2, 0.25) is 0 Å². The average Bonchev–Trinajstić information content (AvgIpc) is 2.77. The fourth-order valence-corrected chi connectivity index (χ4v) is 4.51. The zero-order valence-corrected chi connectivity index (χ0v) is 20.9. The number of aryl methyl sites for hydroxylation is 1. The van der Waals surface area contributed by atoms with Crippen molar-refractivity contribution in [2.75, 3.05) is 14.2 Å². The Kier molecular flexibility index (Phi) is 7.82. The molecule has 0 fully saturated rings. The molecule has 0 aliphatic rings. The van der Waals surface area contributed by atoms with Gasteiger partial charge in [-0.1, -0.05) is 47.5 Å². The molecule has 0 bridgehead atoms. The first-order valence-electron chi connectivity index (χ1n) is 9.55. The normalized spacial score (nSPS) is 11.5. The number of hydrogen-bond donors (Lipinski definition) is 0. The predicted octanol–water partition coefficient (Wildman–Crippen LogP) is 5.65. The lowest BCUT2D eigenvalue weighted by Crippen LogP contribution is -2.21. The maximum Gasteiger partial charge on any atom is 0.278 e. The van der Waals surface area contributed by atoms with Crippen LogP contribution in [0.1, 0.15) is 16.7 Å². The molecular weight excluding hydrogens is 516 g/mol. The molecule has 0 spiro atoms. The van der Waals surface area contributed by atoms with Crippen LogP contribution in [0.3, 0.4) is 0 Å². The smallest absolute Gasteiger partial charge is 0.278 e. The molecule has 0 amide bonds. The van der Waals surface area contributed by atoms with Crippen molar-refractivity contribution >= 4 is 43.8 Å². The number of nitrogens with zero attached hydrogens (tertiary/aromatic N) is 2. The van der Waals surface area contributed by atoms with Gasteiger partial charge in [-0.25, -0.2) is 0 Å². The molecule has 3 aromatic carbocycles. The summed E-state index contributed by atoms with van der Waals surface area (Å²) in [6, 6.07) is 17.5. The minimum absolute atomic E-state index is 0.171. The zero-order valence-electron chi connectivity index (χ0n) is 17.7. The third-order valence-corrected chi connectivity index (χ3v) is 7.23. The van der Waals surface area contributed by atoms with Crippen LogP contribution in [0.25, 0.3) is 0 Å². The molecule has 0 saturated carbocycles. The number of hydrogen-bond acceptors (Lipinski definition) is 5. The standard InChI is InChI=1S/C23H22BrClN2O4S/c1-16-8-10-19(11-9-16)32(28,29)27(2)26-14-17-12-20(24)23(22(13-17)30-3)31-15-18-6-4-5-7-21(18)25/h4-14H,15H2,1-3H3. The van der Waals surface area contributed by atoms with Gasteiger partial charge in [0.05, 0.1) is 22.7 Å². The maximum atomic E-state index is 12.7. The molecule has 32 heavy (non-hydrogen) atoms. The van der Waals surface area contributed by atoms with Gasteiger partial charge in [0.1, 0.15) is 6.61 Å². The summed E-state index contributed by atoms with van der Waals surface area (Å²) in [6.45, 7) is 2.16. The maximum absolute atomic E-state index is 12.7. The minimum atomic E-state index is -3.75. The van der Waals surface area contributed by atoms with Crippen molar-refractivity contribution < 1.29 is 17.9 Å². The van der Waals surface area contributed by atoms with Crippen molar-refractivity contribution in [2.45, 2.75) is 18.4 Å². The Hall–Kier alpha value is -2.55. The number of sulfonamides is 1. The van der Waals surface area contributed by atoms with Crippen molar-refractivity contribution in [2.24, 2.45) is 5.10 Å². The zero-order chi connectivity index (χ0) is 23.3. The Balaban J connectivity index is 1.80. The molecule has 0 aromatic heterocycles. The SMILES string of the molecule is COc1cc(C=NN(C)S(=O)(=O)c2ccc(C)cc2)cc(Br)c1OCc1ccccc1Cl. The first kappa shape index (κ1) is 24.1. The monoisotopic (exact) mass is 536 g/mol. The summed E-state index contributed by atoms with van der Waals surface area (Å²) >= 11 is 9.68. The van der Waals surface area contributed by atoms with E-state index in [9.17, 15) is 8.42 Å². The molecule has 0 N–H and O–H groups in total. The Labute approximate surface area is 201 Å². The highest BCUT2D eigenvalue weighted by Crippen LogP contribution is 2.37. The molecule has 0 unspecified atom stereocenters. The molecule has 168 valence electrons. The summed E-state index contributed by atoms with van der Waals surface area (Å²) in [6.07, 6.45) is 1.44. The summed E-state index contributed by atoms with van der Waals surface area (Å²) in [5.41, 5.74) is 2.45. The number of benzene rings is 3. The Morgan fingerprint density at radius 2 is 1.81 bits per heavy atom. The molecule has 0 radical (unpaired) electrons. The molecule has 3 aromatic rings. The van der Waals surface area contributed by atoms with Gasteiger partial charge in [-0.2, -0.15) is 17.9 Å². The van der Waals surface area contributed by atoms with Crippen molar-refractivity contribution in [3.8, 4) is 11.5 Å². The van der Waals surface area contributed by atoms with Crippen molar-refractivity contribution in [1.29, 1.82) is 0 Å². The molecule has 3 rings (SSSR count). The first-order valence-corrected chi connectivity index (χ1v) is 12.2. The van der Waals surface area contributed by atoms with Crippen LogP contribution in [0.15, 0.2) is 75.1 Å². The van der Waals surface area contributed by atoms with Gasteiger partial charge in [0.15, 0.2) is 11.5 Å². The van der Waals surface area contributed by atoms with Crippen molar-refractivity contribution in [1.82, 2.24) is 4.41 Å². The Morgan fingerprint density at radius 1 is 1.12 bits per heavy atom. The summed E-state index contributed by atoms with van der Waals surface area (Å²) in [5.74, 6) is 0.974. The third-order valence-electron chi connectivity index (χ3n) is 4.62. The second-order valence-electron chi connectivity index (χ2n) is 6.91. The predicted molar refractivity (Wildman–Crippen MR) is 130 cm³/mol.